The third-order valence-electron chi connectivity index (χ3n) is 4.97. The van der Waals surface area contributed by atoms with Crippen molar-refractivity contribution in [3.63, 3.8) is 0 Å². The van der Waals surface area contributed by atoms with Crippen LogP contribution in [-0.2, 0) is 0 Å². The second-order valence-electron chi connectivity index (χ2n) is 5.70. The van der Waals surface area contributed by atoms with Gasteiger partial charge in [0.2, 0.25) is 0 Å². The van der Waals surface area contributed by atoms with Gasteiger partial charge in [-0.3, -0.25) is 0 Å². The quantitative estimate of drug-likeness (QED) is 0.643. The van der Waals surface area contributed by atoms with E-state index in [9.17, 15) is 0 Å². The van der Waals surface area contributed by atoms with Crippen LogP contribution in [0.4, 0.5) is 0 Å². The van der Waals surface area contributed by atoms with Gasteiger partial charge >= 0.3 is 0 Å². The Morgan fingerprint density at radius 1 is 1.11 bits per heavy atom. The summed E-state index contributed by atoms with van der Waals surface area (Å²) in [5.74, 6) is 1.27. The van der Waals surface area contributed by atoms with E-state index in [0.29, 0.717) is 17.3 Å². The van der Waals surface area contributed by atoms with E-state index in [-0.39, 0.29) is 0 Å². The van der Waals surface area contributed by atoms with Crippen LogP contribution in [-0.4, -0.2) is 0 Å². The Bertz CT molecular complexity index is 480. The van der Waals surface area contributed by atoms with E-state index < -0.39 is 0 Å². The number of allylic oxidation sites excluding steroid dienone is 4. The Labute approximate surface area is 110 Å². The van der Waals surface area contributed by atoms with Gasteiger partial charge in [-0.25, -0.2) is 0 Å². The van der Waals surface area contributed by atoms with Crippen LogP contribution in [0.15, 0.2) is 54.1 Å². The largest absolute Gasteiger partial charge is 0.0809 e. The van der Waals surface area contributed by atoms with Crippen molar-refractivity contribution in [3.05, 3.63) is 59.7 Å². The van der Waals surface area contributed by atoms with Gasteiger partial charge in [0.05, 0.1) is 0 Å². The van der Waals surface area contributed by atoms with Crippen molar-refractivity contribution >= 4 is 0 Å². The first-order valence-corrected chi connectivity index (χ1v) is 7.24. The van der Waals surface area contributed by atoms with Gasteiger partial charge < -0.3 is 0 Å². The van der Waals surface area contributed by atoms with Crippen molar-refractivity contribution in [1.82, 2.24) is 0 Å². The number of hydrogen-bond donors (Lipinski definition) is 0. The zero-order chi connectivity index (χ0) is 12.6. The SMILES string of the molecule is CCC1=C[C@@H]2C=C[C@H](c3ccccc3)[C@@]1(CC)C2. The van der Waals surface area contributed by atoms with Crippen LogP contribution in [0.2, 0.25) is 0 Å². The summed E-state index contributed by atoms with van der Waals surface area (Å²) in [6.45, 7) is 4.67. The third kappa shape index (κ3) is 1.59. The third-order valence-corrected chi connectivity index (χ3v) is 4.97. The van der Waals surface area contributed by atoms with Crippen molar-refractivity contribution in [2.45, 2.75) is 39.0 Å². The number of benzene rings is 1. The van der Waals surface area contributed by atoms with Gasteiger partial charge in [-0.1, -0.05) is 68.0 Å². The molecule has 94 valence electrons. The van der Waals surface area contributed by atoms with E-state index in [1.807, 2.05) is 0 Å². The highest BCUT2D eigenvalue weighted by Gasteiger charge is 2.46. The van der Waals surface area contributed by atoms with E-state index in [4.69, 9.17) is 0 Å². The van der Waals surface area contributed by atoms with Crippen LogP contribution in [0.25, 0.3) is 0 Å². The van der Waals surface area contributed by atoms with Gasteiger partial charge in [-0.15, -0.1) is 0 Å². The predicted octanol–water partition coefficient (Wildman–Crippen LogP) is 5.09. The van der Waals surface area contributed by atoms with Crippen LogP contribution in [0.3, 0.4) is 0 Å². The molecular formula is C18H22. The molecule has 0 saturated carbocycles. The van der Waals surface area contributed by atoms with Crippen LogP contribution in [0.1, 0.15) is 44.6 Å². The Morgan fingerprint density at radius 2 is 1.89 bits per heavy atom. The molecule has 0 nitrogen and oxygen atoms in total. The second kappa shape index (κ2) is 4.42. The van der Waals surface area contributed by atoms with Crippen LogP contribution in [0, 0.1) is 11.3 Å². The van der Waals surface area contributed by atoms with Crippen molar-refractivity contribution in [3.8, 4) is 0 Å². The molecule has 3 rings (SSSR count). The minimum atomic E-state index is 0.398. The normalized spacial score (nSPS) is 33.6. The zero-order valence-electron chi connectivity index (χ0n) is 11.4. The molecule has 0 N–H and O–H groups in total. The summed E-state index contributed by atoms with van der Waals surface area (Å²) in [4.78, 5) is 0. The monoisotopic (exact) mass is 238 g/mol. The summed E-state index contributed by atoms with van der Waals surface area (Å²) in [7, 11) is 0. The van der Waals surface area contributed by atoms with Crippen molar-refractivity contribution in [1.29, 1.82) is 0 Å². The molecule has 0 heteroatoms. The lowest BCUT2D eigenvalue weighted by atomic mass is 9.63. The molecule has 2 aliphatic rings. The summed E-state index contributed by atoms with van der Waals surface area (Å²) in [5, 5.41) is 0. The van der Waals surface area contributed by atoms with Crippen molar-refractivity contribution < 1.29 is 0 Å². The predicted molar refractivity (Wildman–Crippen MR) is 77.5 cm³/mol. The average molecular weight is 238 g/mol. The molecule has 0 amide bonds. The molecule has 0 spiro atoms. The molecule has 0 heterocycles. The van der Waals surface area contributed by atoms with Gasteiger partial charge in [0.1, 0.15) is 0 Å². The van der Waals surface area contributed by atoms with E-state index in [1.54, 1.807) is 5.57 Å². The highest BCUT2D eigenvalue weighted by atomic mass is 14.5. The first-order chi connectivity index (χ1) is 8.80. The van der Waals surface area contributed by atoms with Gasteiger partial charge in [0, 0.05) is 11.3 Å². The molecule has 0 aromatic heterocycles. The van der Waals surface area contributed by atoms with Crippen LogP contribution in [0.5, 0.6) is 0 Å². The fraction of sp³-hybridized carbons (Fsp3) is 0.444. The van der Waals surface area contributed by atoms with E-state index >= 15 is 0 Å². The lowest BCUT2D eigenvalue weighted by Gasteiger charge is -2.41. The summed E-state index contributed by atoms with van der Waals surface area (Å²) in [6, 6.07) is 11.0. The Balaban J connectivity index is 2.07. The highest BCUT2D eigenvalue weighted by Crippen LogP contribution is 2.58. The maximum atomic E-state index is 2.53. The molecule has 1 aromatic rings. The van der Waals surface area contributed by atoms with Gasteiger partial charge in [-0.2, -0.15) is 0 Å². The molecule has 2 aliphatic carbocycles. The Kier molecular flexibility index (Phi) is 2.89. The Hall–Kier alpha value is -1.30. The zero-order valence-corrected chi connectivity index (χ0v) is 11.4. The minimum Gasteiger partial charge on any atom is -0.0809 e. The fourth-order valence-corrected chi connectivity index (χ4v) is 4.08. The van der Waals surface area contributed by atoms with Crippen LogP contribution < -0.4 is 0 Å². The number of fused-ring (bicyclic) bond motifs is 2. The minimum absolute atomic E-state index is 0.398. The molecule has 1 aromatic carbocycles. The molecular weight excluding hydrogens is 216 g/mol. The number of rotatable bonds is 3. The summed E-state index contributed by atoms with van der Waals surface area (Å²) in [5.41, 5.74) is 3.57. The van der Waals surface area contributed by atoms with Crippen molar-refractivity contribution in [2.75, 3.05) is 0 Å². The van der Waals surface area contributed by atoms with E-state index in [1.165, 1.54) is 24.8 Å². The van der Waals surface area contributed by atoms with Gasteiger partial charge in [-0.05, 0) is 30.7 Å². The summed E-state index contributed by atoms with van der Waals surface area (Å²) < 4.78 is 0. The maximum Gasteiger partial charge on any atom is 0.0112 e. The lowest BCUT2D eigenvalue weighted by molar-refractivity contribution is 0.268. The van der Waals surface area contributed by atoms with Crippen LogP contribution >= 0.6 is 0 Å². The molecule has 0 fully saturated rings. The smallest absolute Gasteiger partial charge is 0.0112 e. The highest BCUT2D eigenvalue weighted by molar-refractivity contribution is 5.40. The summed E-state index contributed by atoms with van der Waals surface area (Å²) in [6.07, 6.45) is 11.2. The molecule has 0 unspecified atom stereocenters. The molecule has 18 heavy (non-hydrogen) atoms. The second-order valence-corrected chi connectivity index (χ2v) is 5.70. The lowest BCUT2D eigenvalue weighted by Crippen LogP contribution is -2.29. The summed E-state index contributed by atoms with van der Waals surface area (Å²) >= 11 is 0. The first kappa shape index (κ1) is 11.8. The average Bonchev–Trinajstić information content (AvgIpc) is 2.73. The van der Waals surface area contributed by atoms with E-state index in [2.05, 4.69) is 62.4 Å². The molecule has 3 atom stereocenters. The van der Waals surface area contributed by atoms with Gasteiger partial charge in [0.15, 0.2) is 0 Å². The van der Waals surface area contributed by atoms with Gasteiger partial charge in [0.25, 0.3) is 0 Å². The molecule has 0 saturated heterocycles. The first-order valence-electron chi connectivity index (χ1n) is 7.24. The standard InChI is InChI=1S/C18H22/c1-3-16-12-14-10-11-17(18(16,4-2)13-14)15-8-6-5-7-9-15/h5-12,14,17H,3-4,13H2,1-2H3/t14-,17+,18-/m0/s1. The molecule has 0 radical (unpaired) electrons. The fourth-order valence-electron chi connectivity index (χ4n) is 4.08. The molecule has 0 aliphatic heterocycles. The topological polar surface area (TPSA) is 0 Å². The number of hydrogen-bond acceptors (Lipinski definition) is 0. The maximum absolute atomic E-state index is 2.53. The Morgan fingerprint density at radius 3 is 2.56 bits per heavy atom. The molecule has 2 bridgehead atoms. The van der Waals surface area contributed by atoms with E-state index in [0.717, 1.165) is 0 Å². The van der Waals surface area contributed by atoms with Crippen molar-refractivity contribution in [2.24, 2.45) is 11.3 Å².